The van der Waals surface area contributed by atoms with Crippen molar-refractivity contribution in [2.75, 3.05) is 7.11 Å². The molecule has 23 heavy (non-hydrogen) atoms. The van der Waals surface area contributed by atoms with Crippen LogP contribution < -0.4 is 10.0 Å². The summed E-state index contributed by atoms with van der Waals surface area (Å²) in [6, 6.07) is 14.0. The van der Waals surface area contributed by atoms with Crippen LogP contribution in [0.2, 0.25) is 0 Å². The summed E-state index contributed by atoms with van der Waals surface area (Å²) >= 11 is 6.08. The second-order valence-corrected chi connectivity index (χ2v) is 7.93. The van der Waals surface area contributed by atoms with Gasteiger partial charge >= 0.3 is 7.80 Å². The molecule has 0 aliphatic rings. The molecule has 0 aromatic heterocycles. The van der Waals surface area contributed by atoms with E-state index in [-0.39, 0.29) is 16.8 Å². The van der Waals surface area contributed by atoms with Crippen LogP contribution in [0.5, 0.6) is 5.75 Å². The third kappa shape index (κ3) is 3.80. The Balaban J connectivity index is 2.48. The number of hydrogen-bond acceptors (Lipinski definition) is 3. The van der Waals surface area contributed by atoms with Crippen molar-refractivity contribution >= 4 is 30.5 Å². The van der Waals surface area contributed by atoms with E-state index in [1.807, 2.05) is 13.8 Å². The zero-order chi connectivity index (χ0) is 17.0. The fourth-order valence-electron chi connectivity index (χ4n) is 2.24. The highest BCUT2D eigenvalue weighted by Crippen LogP contribution is 2.33. The van der Waals surface area contributed by atoms with Crippen molar-refractivity contribution in [3.8, 4) is 5.75 Å². The first-order valence-electron chi connectivity index (χ1n) is 7.34. The molecule has 120 valence electrons. The number of ether oxygens (including phenoxy) is 1. The maximum absolute atomic E-state index is 12.9. The van der Waals surface area contributed by atoms with Crippen molar-refractivity contribution in [1.82, 2.24) is 0 Å². The van der Waals surface area contributed by atoms with E-state index in [0.29, 0.717) is 22.2 Å². The van der Waals surface area contributed by atoms with Gasteiger partial charge in [0.15, 0.2) is 5.66 Å². The molecule has 3 atom stereocenters. The number of carbonyl (C=O) groups excluding carboxylic acids is 1. The third-order valence-electron chi connectivity index (χ3n) is 3.77. The van der Waals surface area contributed by atoms with E-state index in [9.17, 15) is 9.36 Å². The highest BCUT2D eigenvalue weighted by molar-refractivity contribution is 7.54. The van der Waals surface area contributed by atoms with E-state index in [0.717, 1.165) is 0 Å². The van der Waals surface area contributed by atoms with Crippen LogP contribution in [-0.4, -0.2) is 23.9 Å². The normalized spacial score (nSPS) is 14.0. The predicted molar refractivity (Wildman–Crippen MR) is 94.9 cm³/mol. The van der Waals surface area contributed by atoms with Crippen molar-refractivity contribution in [2.24, 2.45) is 0 Å². The molecule has 0 saturated heterocycles. The Kier molecular flexibility index (Phi) is 5.92. The second kappa shape index (κ2) is 7.72. The topological polar surface area (TPSA) is 43.4 Å². The van der Waals surface area contributed by atoms with Crippen molar-refractivity contribution in [1.29, 1.82) is 0 Å². The van der Waals surface area contributed by atoms with Crippen molar-refractivity contribution in [2.45, 2.75) is 24.9 Å². The Morgan fingerprint density at radius 1 is 1.04 bits per heavy atom. The van der Waals surface area contributed by atoms with Gasteiger partial charge in [-0.3, -0.25) is 4.79 Å². The van der Waals surface area contributed by atoms with Gasteiger partial charge in [0.1, 0.15) is 5.75 Å². The molecule has 0 spiro atoms. The lowest BCUT2D eigenvalue weighted by atomic mass is 10.0. The molecule has 0 heterocycles. The Labute approximate surface area is 142 Å². The molecule has 5 heteroatoms. The summed E-state index contributed by atoms with van der Waals surface area (Å²) in [5.41, 5.74) is 0.665. The first kappa shape index (κ1) is 17.7. The molecule has 2 rings (SSSR count). The highest BCUT2D eigenvalue weighted by atomic mass is 35.5. The SMILES string of the molecule is COc1ccccc1C(=O)c1ccccc1[P+](=O)C(C)C(C)Cl. The Hall–Kier alpha value is -1.70. The Morgan fingerprint density at radius 2 is 1.61 bits per heavy atom. The van der Waals surface area contributed by atoms with Gasteiger partial charge in [0.25, 0.3) is 0 Å². The fourth-order valence-corrected chi connectivity index (χ4v) is 4.01. The van der Waals surface area contributed by atoms with E-state index in [2.05, 4.69) is 0 Å². The molecular weight excluding hydrogens is 331 g/mol. The maximum Gasteiger partial charge on any atom is 0.382 e. The number of benzene rings is 2. The average Bonchev–Trinajstić information content (AvgIpc) is 2.59. The summed E-state index contributed by atoms with van der Waals surface area (Å²) in [7, 11) is -0.254. The van der Waals surface area contributed by atoms with E-state index < -0.39 is 7.80 Å². The standard InChI is InChI=1S/C18H19ClO3P/c1-12(19)13(2)23(21)17-11-7-5-9-15(17)18(20)14-8-4-6-10-16(14)22-3/h4-13H,1-3H3/q+1. The lowest BCUT2D eigenvalue weighted by molar-refractivity contribution is 0.103. The molecule has 3 nitrogen and oxygen atoms in total. The highest BCUT2D eigenvalue weighted by Gasteiger charge is 2.36. The Morgan fingerprint density at radius 3 is 2.22 bits per heavy atom. The number of rotatable bonds is 6. The van der Waals surface area contributed by atoms with Gasteiger partial charge in [-0.25, -0.2) is 0 Å². The number of alkyl halides is 1. The van der Waals surface area contributed by atoms with E-state index in [1.165, 1.54) is 7.11 Å². The quantitative estimate of drug-likeness (QED) is 0.441. The zero-order valence-corrected chi connectivity index (χ0v) is 15.0. The lowest BCUT2D eigenvalue weighted by Crippen LogP contribution is -2.20. The van der Waals surface area contributed by atoms with Crippen molar-refractivity contribution < 1.29 is 14.1 Å². The maximum atomic E-state index is 12.9. The van der Waals surface area contributed by atoms with Crippen LogP contribution >= 0.6 is 19.4 Å². The summed E-state index contributed by atoms with van der Waals surface area (Å²) in [6.07, 6.45) is 0. The molecule has 0 N–H and O–H groups in total. The molecule has 0 radical (unpaired) electrons. The van der Waals surface area contributed by atoms with Crippen LogP contribution in [0.3, 0.4) is 0 Å². The van der Waals surface area contributed by atoms with Crippen LogP contribution in [0.4, 0.5) is 0 Å². The number of methoxy groups -OCH3 is 1. The molecule has 0 aliphatic carbocycles. The third-order valence-corrected chi connectivity index (χ3v) is 6.38. The minimum absolute atomic E-state index is 0.198. The summed E-state index contributed by atoms with van der Waals surface area (Å²) < 4.78 is 18.0. The van der Waals surface area contributed by atoms with Gasteiger partial charge in [-0.1, -0.05) is 28.8 Å². The minimum atomic E-state index is -1.78. The largest absolute Gasteiger partial charge is 0.496 e. The number of hydrogen-bond donors (Lipinski definition) is 0. The molecule has 3 unspecified atom stereocenters. The van der Waals surface area contributed by atoms with Crippen LogP contribution in [0.25, 0.3) is 0 Å². The van der Waals surface area contributed by atoms with E-state index in [1.54, 1.807) is 48.5 Å². The molecule has 0 fully saturated rings. The van der Waals surface area contributed by atoms with Crippen LogP contribution in [0.15, 0.2) is 48.5 Å². The molecule has 0 amide bonds. The van der Waals surface area contributed by atoms with E-state index in [4.69, 9.17) is 16.3 Å². The Bertz CT molecular complexity index is 728. The first-order chi connectivity index (χ1) is 11.0. The summed E-state index contributed by atoms with van der Waals surface area (Å²) in [5.74, 6) is 0.303. The van der Waals surface area contributed by atoms with Gasteiger partial charge in [-0.2, -0.15) is 0 Å². The number of ketones is 1. The number of carbonyl (C=O) groups is 1. The number of para-hydroxylation sites is 1. The zero-order valence-electron chi connectivity index (χ0n) is 13.3. The molecule has 2 aromatic carbocycles. The monoisotopic (exact) mass is 349 g/mol. The summed E-state index contributed by atoms with van der Waals surface area (Å²) in [6.45, 7) is 3.64. The van der Waals surface area contributed by atoms with Gasteiger partial charge in [0.05, 0.1) is 23.6 Å². The van der Waals surface area contributed by atoms with Gasteiger partial charge in [-0.05, 0) is 38.1 Å². The average molecular weight is 350 g/mol. The van der Waals surface area contributed by atoms with Gasteiger partial charge in [0.2, 0.25) is 11.1 Å². The summed E-state index contributed by atoms with van der Waals surface area (Å²) in [5, 5.41) is 0.298. The van der Waals surface area contributed by atoms with Crippen LogP contribution in [0.1, 0.15) is 29.8 Å². The lowest BCUT2D eigenvalue weighted by Gasteiger charge is -2.09. The first-order valence-corrected chi connectivity index (χ1v) is 9.11. The minimum Gasteiger partial charge on any atom is -0.496 e. The molecule has 0 aliphatic heterocycles. The fraction of sp³-hybridized carbons (Fsp3) is 0.278. The van der Waals surface area contributed by atoms with Crippen molar-refractivity contribution in [3.05, 3.63) is 59.7 Å². The van der Waals surface area contributed by atoms with Crippen LogP contribution in [0, 0.1) is 0 Å². The molecule has 2 aromatic rings. The van der Waals surface area contributed by atoms with Gasteiger partial charge < -0.3 is 4.74 Å². The molecule has 0 saturated carbocycles. The molecular formula is C18H19ClO3P+. The van der Waals surface area contributed by atoms with Crippen LogP contribution in [-0.2, 0) is 4.57 Å². The van der Waals surface area contributed by atoms with Gasteiger partial charge in [0, 0.05) is 0 Å². The summed E-state index contributed by atoms with van der Waals surface area (Å²) in [4.78, 5) is 12.9. The second-order valence-electron chi connectivity index (χ2n) is 5.29. The van der Waals surface area contributed by atoms with E-state index >= 15 is 0 Å². The smallest absolute Gasteiger partial charge is 0.382 e. The van der Waals surface area contributed by atoms with Gasteiger partial charge in [-0.15, -0.1) is 11.6 Å². The predicted octanol–water partition coefficient (Wildman–Crippen LogP) is 4.39. The molecule has 0 bridgehead atoms. The van der Waals surface area contributed by atoms with Crippen molar-refractivity contribution in [3.63, 3.8) is 0 Å². The number of halogens is 1.